The van der Waals surface area contributed by atoms with Gasteiger partial charge in [-0.2, -0.15) is 0 Å². The summed E-state index contributed by atoms with van der Waals surface area (Å²) in [5.41, 5.74) is 6.28. The molecule has 1 aromatic carbocycles. The van der Waals surface area contributed by atoms with Gasteiger partial charge in [-0.3, -0.25) is 4.79 Å². The number of hydrogen-bond donors (Lipinski definition) is 1. The molecule has 0 spiro atoms. The predicted octanol–water partition coefficient (Wildman–Crippen LogP) is 2.83. The van der Waals surface area contributed by atoms with Crippen molar-refractivity contribution < 1.29 is 13.6 Å². The van der Waals surface area contributed by atoms with Crippen molar-refractivity contribution in [3.05, 3.63) is 35.4 Å². The highest BCUT2D eigenvalue weighted by atomic mass is 19.1. The van der Waals surface area contributed by atoms with Crippen LogP contribution < -0.4 is 5.73 Å². The number of rotatable bonds is 6. The molecule has 0 heterocycles. The molecule has 0 aliphatic heterocycles. The van der Waals surface area contributed by atoms with Crippen LogP contribution in [-0.2, 0) is 11.3 Å². The maximum absolute atomic E-state index is 13.8. The molecule has 2 rings (SSSR count). The molecule has 0 radical (unpaired) electrons. The van der Waals surface area contributed by atoms with Crippen LogP contribution in [0.25, 0.3) is 0 Å². The van der Waals surface area contributed by atoms with E-state index in [0.717, 1.165) is 18.9 Å². The first kappa shape index (κ1) is 15.9. The van der Waals surface area contributed by atoms with Gasteiger partial charge in [0, 0.05) is 24.2 Å². The summed E-state index contributed by atoms with van der Waals surface area (Å²) in [6.45, 7) is 4.17. The summed E-state index contributed by atoms with van der Waals surface area (Å²) < 4.78 is 26.7. The lowest BCUT2D eigenvalue weighted by molar-refractivity contribution is -0.134. The predicted molar refractivity (Wildman–Crippen MR) is 77.4 cm³/mol. The molecule has 0 saturated heterocycles. The molecular formula is C16H22F2N2O. The van der Waals surface area contributed by atoms with E-state index in [9.17, 15) is 13.6 Å². The molecule has 3 nitrogen and oxygen atoms in total. The number of benzene rings is 1. The highest BCUT2D eigenvalue weighted by molar-refractivity contribution is 5.82. The highest BCUT2D eigenvalue weighted by Crippen LogP contribution is 2.29. The lowest BCUT2D eigenvalue weighted by atomic mass is 10.0. The third-order valence-electron chi connectivity index (χ3n) is 3.67. The summed E-state index contributed by atoms with van der Waals surface area (Å²) in [7, 11) is 0. The number of carbonyl (C=O) groups is 1. The molecule has 116 valence electrons. The molecule has 21 heavy (non-hydrogen) atoms. The van der Waals surface area contributed by atoms with E-state index >= 15 is 0 Å². The van der Waals surface area contributed by atoms with Crippen LogP contribution in [-0.4, -0.2) is 22.9 Å². The number of nitrogens with zero attached hydrogens (tertiary/aromatic N) is 1. The zero-order valence-electron chi connectivity index (χ0n) is 12.5. The van der Waals surface area contributed by atoms with Crippen LogP contribution in [0.15, 0.2) is 18.2 Å². The first-order valence-corrected chi connectivity index (χ1v) is 7.38. The number of amides is 1. The average Bonchev–Trinajstić information content (AvgIpc) is 3.20. The van der Waals surface area contributed by atoms with Crippen molar-refractivity contribution in [1.29, 1.82) is 0 Å². The summed E-state index contributed by atoms with van der Waals surface area (Å²) >= 11 is 0. The fraction of sp³-hybridized carbons (Fsp3) is 0.562. The molecule has 2 N–H and O–H groups in total. The number of hydrogen-bond acceptors (Lipinski definition) is 2. The largest absolute Gasteiger partial charge is 0.334 e. The zero-order chi connectivity index (χ0) is 15.6. The second-order valence-electron chi connectivity index (χ2n) is 6.17. The minimum atomic E-state index is -0.620. The SMILES string of the molecule is CC(C)C[C@@H](N)C(=O)N(Cc1ccc(F)cc1F)C1CC1. The standard InChI is InChI=1S/C16H22F2N2O/c1-10(2)7-15(19)16(21)20(13-5-6-13)9-11-3-4-12(17)8-14(11)18/h3-4,8,10,13,15H,5-7,9,19H2,1-2H3/t15-/m1/s1. The van der Waals surface area contributed by atoms with Gasteiger partial charge in [0.1, 0.15) is 11.6 Å². The van der Waals surface area contributed by atoms with Crippen LogP contribution in [0.2, 0.25) is 0 Å². The first-order valence-electron chi connectivity index (χ1n) is 7.38. The van der Waals surface area contributed by atoms with E-state index in [-0.39, 0.29) is 18.5 Å². The van der Waals surface area contributed by atoms with E-state index in [0.29, 0.717) is 17.9 Å². The maximum Gasteiger partial charge on any atom is 0.240 e. The van der Waals surface area contributed by atoms with Crippen LogP contribution in [0.4, 0.5) is 8.78 Å². The molecule has 1 aliphatic rings. The summed E-state index contributed by atoms with van der Waals surface area (Å²) in [5, 5.41) is 0. The van der Waals surface area contributed by atoms with E-state index in [2.05, 4.69) is 0 Å². The fourth-order valence-electron chi connectivity index (χ4n) is 2.43. The van der Waals surface area contributed by atoms with Gasteiger partial charge in [-0.25, -0.2) is 8.78 Å². The van der Waals surface area contributed by atoms with Gasteiger partial charge in [-0.15, -0.1) is 0 Å². The summed E-state index contributed by atoms with van der Waals surface area (Å²) in [6.07, 6.45) is 2.44. The minimum Gasteiger partial charge on any atom is -0.334 e. The van der Waals surface area contributed by atoms with E-state index in [1.54, 1.807) is 4.90 Å². The molecule has 0 aromatic heterocycles. The Morgan fingerprint density at radius 2 is 2.05 bits per heavy atom. The van der Waals surface area contributed by atoms with Gasteiger partial charge in [-0.05, 0) is 31.2 Å². The topological polar surface area (TPSA) is 46.3 Å². The zero-order valence-corrected chi connectivity index (χ0v) is 12.5. The molecule has 0 bridgehead atoms. The molecule has 1 amide bonds. The number of carbonyl (C=O) groups excluding carboxylic acids is 1. The van der Waals surface area contributed by atoms with Gasteiger partial charge in [0.25, 0.3) is 0 Å². The van der Waals surface area contributed by atoms with Crippen molar-refractivity contribution in [3.63, 3.8) is 0 Å². The maximum atomic E-state index is 13.8. The molecule has 1 atom stereocenters. The Hall–Kier alpha value is -1.49. The first-order chi connectivity index (χ1) is 9.88. The Morgan fingerprint density at radius 1 is 1.38 bits per heavy atom. The quantitative estimate of drug-likeness (QED) is 0.877. The molecular weight excluding hydrogens is 274 g/mol. The summed E-state index contributed by atoms with van der Waals surface area (Å²) in [6, 6.07) is 3.02. The van der Waals surface area contributed by atoms with Crippen LogP contribution in [0, 0.1) is 17.6 Å². The second kappa shape index (κ2) is 6.52. The Kier molecular flexibility index (Phi) is 4.93. The molecule has 5 heteroatoms. The Bertz CT molecular complexity index is 515. The Balaban J connectivity index is 2.10. The summed E-state index contributed by atoms with van der Waals surface area (Å²) in [5.74, 6) is -1.05. The third-order valence-corrected chi connectivity index (χ3v) is 3.67. The normalized spacial score (nSPS) is 16.1. The van der Waals surface area contributed by atoms with Gasteiger partial charge in [0.2, 0.25) is 5.91 Å². The molecule has 1 aliphatic carbocycles. The number of halogens is 2. The Morgan fingerprint density at radius 3 is 2.57 bits per heavy atom. The lowest BCUT2D eigenvalue weighted by Crippen LogP contribution is -2.45. The van der Waals surface area contributed by atoms with E-state index in [1.165, 1.54) is 12.1 Å². The van der Waals surface area contributed by atoms with Crippen molar-refractivity contribution in [2.45, 2.75) is 51.7 Å². The van der Waals surface area contributed by atoms with E-state index in [4.69, 9.17) is 5.73 Å². The monoisotopic (exact) mass is 296 g/mol. The van der Waals surface area contributed by atoms with Crippen molar-refractivity contribution in [2.24, 2.45) is 11.7 Å². The molecule has 1 saturated carbocycles. The van der Waals surface area contributed by atoms with Crippen LogP contribution in [0.3, 0.4) is 0 Å². The van der Waals surface area contributed by atoms with Gasteiger partial charge in [0.05, 0.1) is 6.04 Å². The third kappa shape index (κ3) is 4.24. The van der Waals surface area contributed by atoms with Crippen molar-refractivity contribution >= 4 is 5.91 Å². The van der Waals surface area contributed by atoms with Gasteiger partial charge < -0.3 is 10.6 Å². The van der Waals surface area contributed by atoms with E-state index in [1.807, 2.05) is 13.8 Å². The second-order valence-corrected chi connectivity index (χ2v) is 6.17. The van der Waals surface area contributed by atoms with Gasteiger partial charge in [-0.1, -0.05) is 19.9 Å². The van der Waals surface area contributed by atoms with Gasteiger partial charge >= 0.3 is 0 Å². The van der Waals surface area contributed by atoms with Crippen molar-refractivity contribution in [3.8, 4) is 0 Å². The van der Waals surface area contributed by atoms with Crippen LogP contribution in [0.5, 0.6) is 0 Å². The molecule has 1 fully saturated rings. The minimum absolute atomic E-state index is 0.139. The molecule has 0 unspecified atom stereocenters. The van der Waals surface area contributed by atoms with Crippen molar-refractivity contribution in [1.82, 2.24) is 4.90 Å². The van der Waals surface area contributed by atoms with Crippen LogP contribution in [0.1, 0.15) is 38.7 Å². The summed E-state index contributed by atoms with van der Waals surface area (Å²) in [4.78, 5) is 14.1. The van der Waals surface area contributed by atoms with Crippen molar-refractivity contribution in [2.75, 3.05) is 0 Å². The highest BCUT2D eigenvalue weighted by Gasteiger charge is 2.35. The smallest absolute Gasteiger partial charge is 0.240 e. The Labute approximate surface area is 124 Å². The lowest BCUT2D eigenvalue weighted by Gasteiger charge is -2.26. The molecule has 1 aromatic rings. The number of nitrogens with two attached hydrogens (primary N) is 1. The fourth-order valence-corrected chi connectivity index (χ4v) is 2.43. The van der Waals surface area contributed by atoms with Crippen LogP contribution >= 0.6 is 0 Å². The van der Waals surface area contributed by atoms with Gasteiger partial charge in [0.15, 0.2) is 0 Å². The average molecular weight is 296 g/mol. The van der Waals surface area contributed by atoms with E-state index < -0.39 is 17.7 Å².